The highest BCUT2D eigenvalue weighted by Gasteiger charge is 2.25. The van der Waals surface area contributed by atoms with Gasteiger partial charge in [0.15, 0.2) is 0 Å². The van der Waals surface area contributed by atoms with Crippen LogP contribution >= 0.6 is 0 Å². The van der Waals surface area contributed by atoms with E-state index in [1.807, 2.05) is 4.57 Å². The summed E-state index contributed by atoms with van der Waals surface area (Å²) < 4.78 is 1.97. The van der Waals surface area contributed by atoms with Gasteiger partial charge in [-0.1, -0.05) is 37.3 Å². The summed E-state index contributed by atoms with van der Waals surface area (Å²) in [6.45, 7) is 4.73. The van der Waals surface area contributed by atoms with Crippen LogP contribution in [0.15, 0.2) is 67.4 Å². The van der Waals surface area contributed by atoms with E-state index in [1.54, 1.807) is 12.7 Å². The number of benzene rings is 2. The number of aryl methyl sites for hydroxylation is 1. The number of H-pyrrole nitrogens is 1. The Morgan fingerprint density at radius 3 is 2.59 bits per heavy atom. The zero-order valence-electron chi connectivity index (χ0n) is 18.9. The normalized spacial score (nSPS) is 16.9. The monoisotopic (exact) mass is 427 g/mol. The molecule has 2 N–H and O–H groups in total. The van der Waals surface area contributed by atoms with Crippen molar-refractivity contribution in [2.45, 2.75) is 44.9 Å². The van der Waals surface area contributed by atoms with Crippen LogP contribution in [0.1, 0.15) is 49.7 Å². The van der Waals surface area contributed by atoms with Crippen molar-refractivity contribution in [1.29, 1.82) is 0 Å². The maximum Gasteiger partial charge on any atom is 0.123 e. The molecule has 0 radical (unpaired) electrons. The van der Waals surface area contributed by atoms with Crippen molar-refractivity contribution in [3.63, 3.8) is 0 Å². The maximum absolute atomic E-state index is 3.95. The summed E-state index contributed by atoms with van der Waals surface area (Å²) in [5, 5.41) is 12.8. The minimum atomic E-state index is 0.597. The average Bonchev–Trinajstić information content (AvgIpc) is 3.53. The van der Waals surface area contributed by atoms with Crippen LogP contribution in [0.3, 0.4) is 0 Å². The van der Waals surface area contributed by atoms with Gasteiger partial charge in [-0.15, -0.1) is 10.2 Å². The first-order valence-corrected chi connectivity index (χ1v) is 12.0. The Morgan fingerprint density at radius 1 is 1.03 bits per heavy atom. The van der Waals surface area contributed by atoms with Crippen molar-refractivity contribution >= 4 is 10.9 Å². The van der Waals surface area contributed by atoms with Gasteiger partial charge in [-0.3, -0.25) is 4.57 Å². The number of hydrogen-bond acceptors (Lipinski definition) is 3. The predicted molar refractivity (Wildman–Crippen MR) is 130 cm³/mol. The van der Waals surface area contributed by atoms with Crippen LogP contribution in [0.2, 0.25) is 0 Å². The summed E-state index contributed by atoms with van der Waals surface area (Å²) in [5.74, 6) is 2.16. The first-order chi connectivity index (χ1) is 15.8. The summed E-state index contributed by atoms with van der Waals surface area (Å²) in [6.07, 6.45) is 11.9. The topological polar surface area (TPSA) is 58.5 Å². The molecule has 166 valence electrons. The van der Waals surface area contributed by atoms with Crippen LogP contribution in [0.5, 0.6) is 0 Å². The van der Waals surface area contributed by atoms with E-state index < -0.39 is 0 Å². The van der Waals surface area contributed by atoms with E-state index in [0.29, 0.717) is 5.92 Å². The molecule has 5 heteroatoms. The first kappa shape index (κ1) is 21.0. The smallest absolute Gasteiger partial charge is 0.123 e. The van der Waals surface area contributed by atoms with Gasteiger partial charge in [-0.25, -0.2) is 0 Å². The quantitative estimate of drug-likeness (QED) is 0.391. The highest BCUT2D eigenvalue weighted by atomic mass is 15.2. The summed E-state index contributed by atoms with van der Waals surface area (Å²) in [6, 6.07) is 17.6. The highest BCUT2D eigenvalue weighted by molar-refractivity contribution is 5.85. The molecule has 4 aromatic rings. The van der Waals surface area contributed by atoms with Crippen molar-refractivity contribution in [1.82, 2.24) is 25.1 Å². The molecule has 0 saturated carbocycles. The molecule has 2 atom stereocenters. The number of aromatic nitrogens is 4. The lowest BCUT2D eigenvalue weighted by Crippen LogP contribution is -2.32. The fourth-order valence-electron chi connectivity index (χ4n) is 5.44. The third kappa shape index (κ3) is 4.63. The zero-order chi connectivity index (χ0) is 21.8. The van der Waals surface area contributed by atoms with E-state index in [1.165, 1.54) is 47.7 Å². The number of rotatable bonds is 8. The van der Waals surface area contributed by atoms with Gasteiger partial charge in [0.25, 0.3) is 0 Å². The molecule has 0 bridgehead atoms. The fraction of sp³-hybridized carbons (Fsp3) is 0.407. The van der Waals surface area contributed by atoms with Gasteiger partial charge in [0.2, 0.25) is 0 Å². The molecular weight excluding hydrogens is 394 g/mol. The molecule has 1 aliphatic rings. The van der Waals surface area contributed by atoms with Crippen LogP contribution in [-0.4, -0.2) is 32.8 Å². The minimum absolute atomic E-state index is 0.597. The molecule has 2 aromatic heterocycles. The SMILES string of the molecule is CC(CC(CCc1c[nH]c2ccc(-n3cnnc3)cc12)C1CCNCC1)c1ccccc1. The van der Waals surface area contributed by atoms with E-state index in [2.05, 4.69) is 82.1 Å². The molecule has 1 fully saturated rings. The lowest BCUT2D eigenvalue weighted by Gasteiger charge is -2.32. The highest BCUT2D eigenvalue weighted by Crippen LogP contribution is 2.35. The van der Waals surface area contributed by atoms with E-state index in [-0.39, 0.29) is 0 Å². The zero-order valence-corrected chi connectivity index (χ0v) is 18.9. The van der Waals surface area contributed by atoms with Gasteiger partial charge in [-0.05, 0) is 92.3 Å². The predicted octanol–water partition coefficient (Wildman–Crippen LogP) is 5.49. The average molecular weight is 428 g/mol. The number of aromatic amines is 1. The molecule has 2 unspecified atom stereocenters. The third-order valence-electron chi connectivity index (χ3n) is 7.33. The molecule has 5 nitrogen and oxygen atoms in total. The van der Waals surface area contributed by atoms with Crippen LogP contribution in [0, 0.1) is 11.8 Å². The molecule has 3 heterocycles. The summed E-state index contributed by atoms with van der Waals surface area (Å²) >= 11 is 0. The van der Waals surface area contributed by atoms with Gasteiger partial charge < -0.3 is 10.3 Å². The third-order valence-corrected chi connectivity index (χ3v) is 7.33. The number of nitrogens with one attached hydrogen (secondary N) is 2. The van der Waals surface area contributed by atoms with E-state index >= 15 is 0 Å². The maximum atomic E-state index is 3.95. The second kappa shape index (κ2) is 9.70. The fourth-order valence-corrected chi connectivity index (χ4v) is 5.44. The van der Waals surface area contributed by atoms with Gasteiger partial charge in [0.1, 0.15) is 12.7 Å². The second-order valence-corrected chi connectivity index (χ2v) is 9.35. The number of nitrogens with zero attached hydrogens (tertiary/aromatic N) is 3. The van der Waals surface area contributed by atoms with Crippen molar-refractivity contribution in [3.05, 3.63) is 78.5 Å². The molecule has 0 spiro atoms. The van der Waals surface area contributed by atoms with Crippen LogP contribution in [0.4, 0.5) is 0 Å². The Balaban J connectivity index is 1.34. The Labute approximate surface area is 190 Å². The van der Waals surface area contributed by atoms with E-state index in [9.17, 15) is 0 Å². The lowest BCUT2D eigenvalue weighted by molar-refractivity contribution is 0.225. The van der Waals surface area contributed by atoms with E-state index in [4.69, 9.17) is 0 Å². The Kier molecular flexibility index (Phi) is 6.35. The van der Waals surface area contributed by atoms with Gasteiger partial charge in [-0.2, -0.15) is 0 Å². The van der Waals surface area contributed by atoms with Crippen LogP contribution in [-0.2, 0) is 6.42 Å². The molecular formula is C27H33N5. The number of fused-ring (bicyclic) bond motifs is 1. The standard InChI is InChI=1S/C27H33N5/c1-20(21-5-3-2-4-6-21)15-23(22-11-13-28-14-12-22)7-8-24-17-29-27-10-9-25(16-26(24)27)32-18-30-31-19-32/h2-6,9-10,16-20,22-23,28-29H,7-8,11-15H2,1H3. The first-order valence-electron chi connectivity index (χ1n) is 12.0. The molecule has 0 amide bonds. The summed E-state index contributed by atoms with van der Waals surface area (Å²) in [5.41, 5.74) is 5.20. The van der Waals surface area contributed by atoms with Gasteiger partial charge in [0.05, 0.1) is 0 Å². The van der Waals surface area contributed by atoms with Crippen LogP contribution < -0.4 is 5.32 Å². The number of piperidine rings is 1. The Morgan fingerprint density at radius 2 is 1.81 bits per heavy atom. The van der Waals surface area contributed by atoms with Crippen molar-refractivity contribution in [2.24, 2.45) is 11.8 Å². The molecule has 32 heavy (non-hydrogen) atoms. The molecule has 1 saturated heterocycles. The minimum Gasteiger partial charge on any atom is -0.361 e. The lowest BCUT2D eigenvalue weighted by atomic mass is 9.76. The van der Waals surface area contributed by atoms with Crippen molar-refractivity contribution in [3.8, 4) is 5.69 Å². The molecule has 1 aliphatic heterocycles. The van der Waals surface area contributed by atoms with Crippen molar-refractivity contribution < 1.29 is 0 Å². The van der Waals surface area contributed by atoms with Gasteiger partial charge in [0, 0.05) is 22.8 Å². The summed E-state index contributed by atoms with van der Waals surface area (Å²) in [7, 11) is 0. The Bertz CT molecular complexity index is 1110. The molecule has 5 rings (SSSR count). The van der Waals surface area contributed by atoms with Gasteiger partial charge >= 0.3 is 0 Å². The number of hydrogen-bond donors (Lipinski definition) is 2. The van der Waals surface area contributed by atoms with Crippen molar-refractivity contribution in [2.75, 3.05) is 13.1 Å². The largest absolute Gasteiger partial charge is 0.361 e. The van der Waals surface area contributed by atoms with Crippen LogP contribution in [0.25, 0.3) is 16.6 Å². The molecule has 2 aromatic carbocycles. The second-order valence-electron chi connectivity index (χ2n) is 9.35. The molecule has 0 aliphatic carbocycles. The van der Waals surface area contributed by atoms with E-state index in [0.717, 1.165) is 37.0 Å². The summed E-state index contributed by atoms with van der Waals surface area (Å²) in [4.78, 5) is 3.48. The Hall–Kier alpha value is -2.92.